The Morgan fingerprint density at radius 1 is 1.42 bits per heavy atom. The van der Waals surface area contributed by atoms with Gasteiger partial charge >= 0.3 is 0 Å². The van der Waals surface area contributed by atoms with Crippen molar-refractivity contribution in [1.82, 2.24) is 10.2 Å². The highest BCUT2D eigenvalue weighted by atomic mass is 15.2. The van der Waals surface area contributed by atoms with Gasteiger partial charge in [0.05, 0.1) is 0 Å². The van der Waals surface area contributed by atoms with Gasteiger partial charge in [0.2, 0.25) is 0 Å². The van der Waals surface area contributed by atoms with Crippen molar-refractivity contribution in [3.8, 4) is 0 Å². The van der Waals surface area contributed by atoms with Crippen molar-refractivity contribution in [2.24, 2.45) is 0 Å². The Labute approximate surface area is 76.3 Å². The van der Waals surface area contributed by atoms with Crippen LogP contribution in [0.1, 0.15) is 33.1 Å². The van der Waals surface area contributed by atoms with Crippen LogP contribution < -0.4 is 5.32 Å². The van der Waals surface area contributed by atoms with Gasteiger partial charge in [0.15, 0.2) is 0 Å². The molecule has 0 aromatic heterocycles. The summed E-state index contributed by atoms with van der Waals surface area (Å²) in [6.07, 6.45) is 3.95. The number of nitrogens with zero attached hydrogens (tertiary/aromatic N) is 1. The van der Waals surface area contributed by atoms with Crippen molar-refractivity contribution in [3.05, 3.63) is 0 Å². The third-order valence-corrected chi connectivity index (χ3v) is 3.12. The summed E-state index contributed by atoms with van der Waals surface area (Å²) in [5.41, 5.74) is 0. The molecule has 2 heteroatoms. The highest BCUT2D eigenvalue weighted by Gasteiger charge is 2.24. The molecule has 2 nitrogen and oxygen atoms in total. The fraction of sp³-hybridized carbons (Fsp3) is 1.00. The summed E-state index contributed by atoms with van der Waals surface area (Å²) in [5, 5.41) is 3.39. The molecular formula is C10H22N2. The number of likely N-dealkylation sites (tertiary alicyclic amines) is 1. The van der Waals surface area contributed by atoms with Crippen molar-refractivity contribution in [2.75, 3.05) is 20.1 Å². The van der Waals surface area contributed by atoms with E-state index in [0.29, 0.717) is 0 Å². The molecule has 1 N–H and O–H groups in total. The Balaban J connectivity index is 2.41. The van der Waals surface area contributed by atoms with E-state index in [1.54, 1.807) is 0 Å². The fourth-order valence-corrected chi connectivity index (χ4v) is 2.20. The van der Waals surface area contributed by atoms with E-state index >= 15 is 0 Å². The molecule has 72 valence electrons. The van der Waals surface area contributed by atoms with Crippen LogP contribution in [0.3, 0.4) is 0 Å². The molecule has 0 saturated carbocycles. The number of hydrogen-bond donors (Lipinski definition) is 1. The van der Waals surface area contributed by atoms with Gasteiger partial charge in [-0.1, -0.05) is 13.8 Å². The van der Waals surface area contributed by atoms with Crippen LogP contribution >= 0.6 is 0 Å². The normalized spacial score (nSPS) is 32.2. The van der Waals surface area contributed by atoms with Gasteiger partial charge in [-0.05, 0) is 39.4 Å². The van der Waals surface area contributed by atoms with E-state index in [1.165, 1.54) is 32.4 Å². The molecule has 1 aliphatic rings. The molecule has 1 fully saturated rings. The van der Waals surface area contributed by atoms with E-state index < -0.39 is 0 Å². The van der Waals surface area contributed by atoms with E-state index in [1.807, 2.05) is 0 Å². The monoisotopic (exact) mass is 170 g/mol. The lowest BCUT2D eigenvalue weighted by atomic mass is 9.95. The summed E-state index contributed by atoms with van der Waals surface area (Å²) >= 11 is 0. The summed E-state index contributed by atoms with van der Waals surface area (Å²) in [7, 11) is 2.08. The minimum absolute atomic E-state index is 0.762. The van der Waals surface area contributed by atoms with Crippen molar-refractivity contribution < 1.29 is 0 Å². The second-order valence-electron chi connectivity index (χ2n) is 3.70. The zero-order valence-electron chi connectivity index (χ0n) is 8.64. The van der Waals surface area contributed by atoms with Gasteiger partial charge in [-0.2, -0.15) is 0 Å². The molecule has 0 radical (unpaired) electrons. The SMILES string of the molecule is CCC1CC(NC)CCN1CC. The maximum atomic E-state index is 3.39. The number of hydrogen-bond acceptors (Lipinski definition) is 2. The zero-order valence-corrected chi connectivity index (χ0v) is 8.64. The van der Waals surface area contributed by atoms with Gasteiger partial charge in [-0.15, -0.1) is 0 Å². The van der Waals surface area contributed by atoms with E-state index in [9.17, 15) is 0 Å². The first-order valence-corrected chi connectivity index (χ1v) is 5.23. The third kappa shape index (κ3) is 2.20. The Bertz CT molecular complexity index is 125. The van der Waals surface area contributed by atoms with Crippen LogP contribution in [0.5, 0.6) is 0 Å². The molecule has 0 bridgehead atoms. The van der Waals surface area contributed by atoms with Crippen LogP contribution in [0.4, 0.5) is 0 Å². The highest BCUT2D eigenvalue weighted by molar-refractivity contribution is 4.83. The zero-order chi connectivity index (χ0) is 8.97. The lowest BCUT2D eigenvalue weighted by molar-refractivity contribution is 0.130. The highest BCUT2D eigenvalue weighted by Crippen LogP contribution is 2.19. The topological polar surface area (TPSA) is 15.3 Å². The smallest absolute Gasteiger partial charge is 0.0107 e. The van der Waals surface area contributed by atoms with Crippen molar-refractivity contribution in [3.63, 3.8) is 0 Å². The molecule has 0 aromatic rings. The largest absolute Gasteiger partial charge is 0.317 e. The van der Waals surface area contributed by atoms with Crippen LogP contribution in [0.15, 0.2) is 0 Å². The predicted molar refractivity (Wildman–Crippen MR) is 53.4 cm³/mol. The number of rotatable bonds is 3. The summed E-state index contributed by atoms with van der Waals surface area (Å²) in [6, 6.07) is 1.58. The van der Waals surface area contributed by atoms with Gasteiger partial charge in [-0.25, -0.2) is 0 Å². The van der Waals surface area contributed by atoms with Crippen molar-refractivity contribution in [2.45, 2.75) is 45.2 Å². The molecule has 1 heterocycles. The third-order valence-electron chi connectivity index (χ3n) is 3.12. The van der Waals surface area contributed by atoms with E-state index in [-0.39, 0.29) is 0 Å². The van der Waals surface area contributed by atoms with Gasteiger partial charge in [0.1, 0.15) is 0 Å². The van der Waals surface area contributed by atoms with Crippen LogP contribution in [-0.4, -0.2) is 37.1 Å². The molecule has 0 aromatic carbocycles. The maximum Gasteiger partial charge on any atom is 0.0107 e. The first kappa shape index (κ1) is 10.0. The Kier molecular flexibility index (Phi) is 4.02. The Hall–Kier alpha value is -0.0800. The first-order valence-electron chi connectivity index (χ1n) is 5.23. The average molecular weight is 170 g/mol. The summed E-state index contributed by atoms with van der Waals surface area (Å²) < 4.78 is 0. The minimum Gasteiger partial charge on any atom is -0.317 e. The van der Waals surface area contributed by atoms with E-state index in [4.69, 9.17) is 0 Å². The molecule has 0 amide bonds. The second-order valence-corrected chi connectivity index (χ2v) is 3.70. The molecule has 2 atom stereocenters. The minimum atomic E-state index is 0.762. The van der Waals surface area contributed by atoms with Gasteiger partial charge in [0, 0.05) is 12.1 Å². The lowest BCUT2D eigenvalue weighted by Crippen LogP contribution is -2.47. The summed E-state index contributed by atoms with van der Waals surface area (Å²) in [6.45, 7) is 7.06. The predicted octanol–water partition coefficient (Wildman–Crippen LogP) is 1.47. The summed E-state index contributed by atoms with van der Waals surface area (Å²) in [4.78, 5) is 2.60. The molecule has 1 aliphatic heterocycles. The van der Waals surface area contributed by atoms with Crippen LogP contribution in [0, 0.1) is 0 Å². The second kappa shape index (κ2) is 4.83. The molecule has 1 saturated heterocycles. The van der Waals surface area contributed by atoms with Gasteiger partial charge in [-0.3, -0.25) is 0 Å². The molecule has 0 aliphatic carbocycles. The van der Waals surface area contributed by atoms with Crippen LogP contribution in [-0.2, 0) is 0 Å². The fourth-order valence-electron chi connectivity index (χ4n) is 2.20. The van der Waals surface area contributed by atoms with E-state index in [0.717, 1.165) is 12.1 Å². The number of piperidine rings is 1. The van der Waals surface area contributed by atoms with Crippen molar-refractivity contribution in [1.29, 1.82) is 0 Å². The maximum absolute atomic E-state index is 3.39. The van der Waals surface area contributed by atoms with Crippen molar-refractivity contribution >= 4 is 0 Å². The Morgan fingerprint density at radius 2 is 2.17 bits per heavy atom. The molecule has 12 heavy (non-hydrogen) atoms. The quantitative estimate of drug-likeness (QED) is 0.690. The first-order chi connectivity index (χ1) is 5.81. The Morgan fingerprint density at radius 3 is 2.67 bits per heavy atom. The van der Waals surface area contributed by atoms with Gasteiger partial charge in [0.25, 0.3) is 0 Å². The van der Waals surface area contributed by atoms with Gasteiger partial charge < -0.3 is 10.2 Å². The molecule has 0 spiro atoms. The van der Waals surface area contributed by atoms with E-state index in [2.05, 4.69) is 31.1 Å². The average Bonchev–Trinajstić information content (AvgIpc) is 2.16. The molecular weight excluding hydrogens is 148 g/mol. The van der Waals surface area contributed by atoms with Crippen LogP contribution in [0.25, 0.3) is 0 Å². The summed E-state index contributed by atoms with van der Waals surface area (Å²) in [5.74, 6) is 0. The lowest BCUT2D eigenvalue weighted by Gasteiger charge is -2.38. The molecule has 2 unspecified atom stereocenters. The van der Waals surface area contributed by atoms with Crippen LogP contribution in [0.2, 0.25) is 0 Å². The molecule has 1 rings (SSSR count). The standard InChI is InChI=1S/C10H22N2/c1-4-10-8-9(11-3)6-7-12(10)5-2/h9-11H,4-8H2,1-3H3. The number of nitrogens with one attached hydrogen (secondary N) is 1.